The van der Waals surface area contributed by atoms with Crippen LogP contribution in [0.1, 0.15) is 83.6 Å². The molecule has 3 heterocycles. The molecule has 0 unspecified atom stereocenters. The lowest BCUT2D eigenvalue weighted by Crippen LogP contribution is -2.37. The van der Waals surface area contributed by atoms with Crippen LogP contribution in [0.4, 0.5) is 13.2 Å². The van der Waals surface area contributed by atoms with Crippen LogP contribution in [0.3, 0.4) is 0 Å². The Morgan fingerprint density at radius 1 is 1.00 bits per heavy atom. The minimum absolute atomic E-state index is 0.131. The summed E-state index contributed by atoms with van der Waals surface area (Å²) in [6, 6.07) is 5.88. The van der Waals surface area contributed by atoms with Crippen LogP contribution in [0.5, 0.6) is 0 Å². The molecule has 2 saturated heterocycles. The van der Waals surface area contributed by atoms with Crippen molar-refractivity contribution in [3.05, 3.63) is 52.8 Å². The van der Waals surface area contributed by atoms with Crippen molar-refractivity contribution in [1.82, 2.24) is 19.6 Å². The van der Waals surface area contributed by atoms with Gasteiger partial charge in [0.05, 0.1) is 29.1 Å². The standard InChI is InChI=1S/C26H32F3N5O2/c27-26(28,29)22-4-2-1-3-20(22)18-7-14-33(16-18)25(36)21-15-31-34(24(21)17-5-6-17)19-8-11-32(12-9-19)13-10-23(30)35/h1-4,15,17-19H,5-14,16H2,(H2,30,35)/t18-/m1/s1. The van der Waals surface area contributed by atoms with Gasteiger partial charge < -0.3 is 15.5 Å². The third kappa shape index (κ3) is 5.14. The summed E-state index contributed by atoms with van der Waals surface area (Å²) in [5, 5.41) is 4.64. The highest BCUT2D eigenvalue weighted by molar-refractivity contribution is 5.95. The SMILES string of the molecule is NC(=O)CCN1CCC(n2ncc(C(=O)N3CC[C@@H](c4ccccc4C(F)(F)F)C3)c2C2CC2)CC1. The van der Waals surface area contributed by atoms with Crippen LogP contribution in [-0.2, 0) is 11.0 Å². The van der Waals surface area contributed by atoms with Crippen molar-refractivity contribution >= 4 is 11.8 Å². The molecule has 5 rings (SSSR count). The number of rotatable bonds is 7. The molecule has 2 aliphatic heterocycles. The lowest BCUT2D eigenvalue weighted by Gasteiger charge is -2.32. The molecule has 2 aromatic rings. The largest absolute Gasteiger partial charge is 0.416 e. The van der Waals surface area contributed by atoms with Gasteiger partial charge in [-0.2, -0.15) is 18.3 Å². The van der Waals surface area contributed by atoms with Crippen molar-refractivity contribution in [2.75, 3.05) is 32.7 Å². The normalized spacial score (nSPS) is 21.8. The number of nitrogens with two attached hydrogens (primary N) is 1. The number of primary amides is 1. The number of amides is 2. The summed E-state index contributed by atoms with van der Waals surface area (Å²) in [5.74, 6) is -0.455. The highest BCUT2D eigenvalue weighted by atomic mass is 19.4. The van der Waals surface area contributed by atoms with Gasteiger partial charge in [-0.05, 0) is 43.7 Å². The second kappa shape index (κ2) is 9.88. The van der Waals surface area contributed by atoms with E-state index in [0.717, 1.165) is 50.5 Å². The van der Waals surface area contributed by atoms with Gasteiger partial charge in [-0.3, -0.25) is 14.3 Å². The molecule has 194 valence electrons. The summed E-state index contributed by atoms with van der Waals surface area (Å²) < 4.78 is 42.6. The van der Waals surface area contributed by atoms with Crippen LogP contribution in [0, 0.1) is 0 Å². The Hall–Kier alpha value is -2.88. The molecule has 0 spiro atoms. The Labute approximate surface area is 208 Å². The van der Waals surface area contributed by atoms with Gasteiger partial charge in [0.25, 0.3) is 5.91 Å². The zero-order chi connectivity index (χ0) is 25.4. The zero-order valence-corrected chi connectivity index (χ0v) is 20.2. The van der Waals surface area contributed by atoms with Gasteiger partial charge in [-0.1, -0.05) is 18.2 Å². The highest BCUT2D eigenvalue weighted by Crippen LogP contribution is 2.44. The number of hydrogen-bond acceptors (Lipinski definition) is 4. The van der Waals surface area contributed by atoms with E-state index in [2.05, 4.69) is 10.00 Å². The first kappa shape index (κ1) is 24.8. The Morgan fingerprint density at radius 2 is 1.72 bits per heavy atom. The Morgan fingerprint density at radius 3 is 2.39 bits per heavy atom. The van der Waals surface area contributed by atoms with Crippen molar-refractivity contribution in [2.45, 2.75) is 62.6 Å². The van der Waals surface area contributed by atoms with Crippen molar-refractivity contribution in [3.63, 3.8) is 0 Å². The van der Waals surface area contributed by atoms with E-state index in [1.807, 2.05) is 4.68 Å². The third-order valence-corrected chi connectivity index (χ3v) is 7.79. The average Bonchev–Trinajstić information content (AvgIpc) is 3.40. The molecule has 2 N–H and O–H groups in total. The van der Waals surface area contributed by atoms with Crippen molar-refractivity contribution in [3.8, 4) is 0 Å². The molecule has 3 fully saturated rings. The lowest BCUT2D eigenvalue weighted by atomic mass is 9.93. The molecular weight excluding hydrogens is 471 g/mol. The highest BCUT2D eigenvalue weighted by Gasteiger charge is 2.40. The van der Waals surface area contributed by atoms with Crippen molar-refractivity contribution in [2.24, 2.45) is 5.73 Å². The van der Waals surface area contributed by atoms with E-state index in [4.69, 9.17) is 5.73 Å². The molecule has 7 nitrogen and oxygen atoms in total. The summed E-state index contributed by atoms with van der Waals surface area (Å²) in [4.78, 5) is 28.6. The minimum Gasteiger partial charge on any atom is -0.370 e. The average molecular weight is 504 g/mol. The number of halogens is 3. The molecule has 0 bridgehead atoms. The number of likely N-dealkylation sites (tertiary alicyclic amines) is 2. The fraction of sp³-hybridized carbons (Fsp3) is 0.577. The van der Waals surface area contributed by atoms with E-state index >= 15 is 0 Å². The number of hydrogen-bond donors (Lipinski definition) is 1. The monoisotopic (exact) mass is 503 g/mol. The molecule has 36 heavy (non-hydrogen) atoms. The number of aromatic nitrogens is 2. The first-order valence-electron chi connectivity index (χ1n) is 12.8. The Kier molecular flexibility index (Phi) is 6.80. The second-order valence-corrected chi connectivity index (χ2v) is 10.3. The number of carbonyl (C=O) groups excluding carboxylic acids is 2. The van der Waals surface area contributed by atoms with Gasteiger partial charge in [-0.25, -0.2) is 0 Å². The van der Waals surface area contributed by atoms with Crippen molar-refractivity contribution in [1.29, 1.82) is 0 Å². The summed E-state index contributed by atoms with van der Waals surface area (Å²) in [6.07, 6.45) is 1.91. The predicted octanol–water partition coefficient (Wildman–Crippen LogP) is 3.92. The molecule has 1 saturated carbocycles. The lowest BCUT2D eigenvalue weighted by molar-refractivity contribution is -0.138. The number of alkyl halides is 3. The summed E-state index contributed by atoms with van der Waals surface area (Å²) in [7, 11) is 0. The van der Waals surface area contributed by atoms with E-state index in [-0.39, 0.29) is 35.9 Å². The molecule has 1 aromatic carbocycles. The fourth-order valence-corrected chi connectivity index (χ4v) is 5.73. The number of carbonyl (C=O) groups is 2. The Balaban J connectivity index is 1.29. The fourth-order valence-electron chi connectivity index (χ4n) is 5.73. The van der Waals surface area contributed by atoms with Crippen LogP contribution in [-0.4, -0.2) is 64.1 Å². The van der Waals surface area contributed by atoms with Crippen LogP contribution in [0.2, 0.25) is 0 Å². The summed E-state index contributed by atoms with van der Waals surface area (Å²) in [5.41, 5.74) is 6.50. The van der Waals surface area contributed by atoms with Gasteiger partial charge in [0.1, 0.15) is 0 Å². The minimum atomic E-state index is -4.41. The van der Waals surface area contributed by atoms with Crippen LogP contribution >= 0.6 is 0 Å². The van der Waals surface area contributed by atoms with Crippen molar-refractivity contribution < 1.29 is 22.8 Å². The topological polar surface area (TPSA) is 84.5 Å². The van der Waals surface area contributed by atoms with E-state index in [0.29, 0.717) is 37.4 Å². The zero-order valence-electron chi connectivity index (χ0n) is 20.2. The van der Waals surface area contributed by atoms with E-state index in [1.54, 1.807) is 17.2 Å². The van der Waals surface area contributed by atoms with Crippen LogP contribution in [0.15, 0.2) is 30.5 Å². The molecule has 3 aliphatic rings. The molecular formula is C26H32F3N5O2. The first-order chi connectivity index (χ1) is 17.2. The second-order valence-electron chi connectivity index (χ2n) is 10.3. The number of piperidine rings is 1. The third-order valence-electron chi connectivity index (χ3n) is 7.79. The van der Waals surface area contributed by atoms with E-state index in [9.17, 15) is 22.8 Å². The molecule has 1 atom stereocenters. The molecule has 1 aromatic heterocycles. The summed E-state index contributed by atoms with van der Waals surface area (Å²) in [6.45, 7) is 3.06. The molecule has 1 aliphatic carbocycles. The maximum Gasteiger partial charge on any atom is 0.416 e. The molecule has 0 radical (unpaired) electrons. The molecule has 2 amide bonds. The van der Waals surface area contributed by atoms with Gasteiger partial charge in [0.15, 0.2) is 0 Å². The van der Waals surface area contributed by atoms with Crippen LogP contribution < -0.4 is 5.73 Å². The van der Waals surface area contributed by atoms with Gasteiger partial charge in [-0.15, -0.1) is 0 Å². The first-order valence-corrected chi connectivity index (χ1v) is 12.8. The molecule has 10 heteroatoms. The maximum atomic E-state index is 13.6. The number of nitrogens with zero attached hydrogens (tertiary/aromatic N) is 4. The van der Waals surface area contributed by atoms with Gasteiger partial charge >= 0.3 is 6.18 Å². The maximum absolute atomic E-state index is 13.6. The Bertz CT molecular complexity index is 1120. The quantitative estimate of drug-likeness (QED) is 0.621. The van der Waals surface area contributed by atoms with Gasteiger partial charge in [0.2, 0.25) is 5.91 Å². The van der Waals surface area contributed by atoms with Gasteiger partial charge in [0, 0.05) is 51.0 Å². The van der Waals surface area contributed by atoms with Crippen LogP contribution in [0.25, 0.3) is 0 Å². The smallest absolute Gasteiger partial charge is 0.370 e. The summed E-state index contributed by atoms with van der Waals surface area (Å²) >= 11 is 0. The number of benzene rings is 1. The predicted molar refractivity (Wildman–Crippen MR) is 127 cm³/mol. The van der Waals surface area contributed by atoms with E-state index < -0.39 is 11.7 Å². The van der Waals surface area contributed by atoms with E-state index in [1.165, 1.54) is 12.1 Å².